The van der Waals surface area contributed by atoms with E-state index in [0.29, 0.717) is 6.61 Å². The molecule has 1 nitrogen and oxygen atoms in total. The van der Waals surface area contributed by atoms with Crippen LogP contribution in [0, 0.1) is 0 Å². The molecule has 0 amide bonds. The van der Waals surface area contributed by atoms with Crippen LogP contribution in [-0.4, -0.2) is 6.61 Å². The lowest BCUT2D eigenvalue weighted by Gasteiger charge is -2.10. The summed E-state index contributed by atoms with van der Waals surface area (Å²) in [5, 5.41) is 0.804. The van der Waals surface area contributed by atoms with Crippen LogP contribution in [0.25, 0.3) is 0 Å². The molecule has 0 aliphatic rings. The smallest absolute Gasteiger partial charge is 0.122 e. The van der Waals surface area contributed by atoms with Crippen molar-refractivity contribution in [3.05, 3.63) is 64.7 Å². The molecule has 17 heavy (non-hydrogen) atoms. The van der Waals surface area contributed by atoms with E-state index < -0.39 is 0 Å². The summed E-state index contributed by atoms with van der Waals surface area (Å²) in [5.74, 6) is 0.940. The molecule has 0 spiro atoms. The van der Waals surface area contributed by atoms with Crippen LogP contribution in [-0.2, 0) is 6.42 Å². The van der Waals surface area contributed by atoms with Gasteiger partial charge in [-0.15, -0.1) is 0 Å². The van der Waals surface area contributed by atoms with E-state index in [0.717, 1.165) is 22.8 Å². The first kappa shape index (κ1) is 12.0. The van der Waals surface area contributed by atoms with Crippen LogP contribution in [0.1, 0.15) is 18.1 Å². The molecule has 0 saturated heterocycles. The molecule has 88 valence electrons. The van der Waals surface area contributed by atoms with Crippen molar-refractivity contribution in [1.82, 2.24) is 0 Å². The van der Waals surface area contributed by atoms with Gasteiger partial charge in [0.25, 0.3) is 0 Å². The fourth-order valence-electron chi connectivity index (χ4n) is 1.79. The third kappa shape index (κ3) is 3.01. The van der Waals surface area contributed by atoms with Crippen molar-refractivity contribution in [2.45, 2.75) is 13.3 Å². The quantitative estimate of drug-likeness (QED) is 0.780. The molecule has 2 aromatic rings. The van der Waals surface area contributed by atoms with Gasteiger partial charge in [-0.2, -0.15) is 0 Å². The maximum Gasteiger partial charge on any atom is 0.122 e. The van der Waals surface area contributed by atoms with Crippen LogP contribution in [0.2, 0.25) is 5.02 Å². The normalized spacial score (nSPS) is 10.2. The lowest BCUT2D eigenvalue weighted by Crippen LogP contribution is -1.97. The van der Waals surface area contributed by atoms with Gasteiger partial charge in [-0.1, -0.05) is 48.0 Å². The van der Waals surface area contributed by atoms with E-state index in [-0.39, 0.29) is 0 Å². The van der Waals surface area contributed by atoms with Gasteiger partial charge in [0.05, 0.1) is 6.61 Å². The Balaban J connectivity index is 2.27. The summed E-state index contributed by atoms with van der Waals surface area (Å²) in [4.78, 5) is 0. The molecule has 0 bridgehead atoms. The molecule has 2 heteroatoms. The van der Waals surface area contributed by atoms with Crippen molar-refractivity contribution < 1.29 is 4.74 Å². The Hall–Kier alpha value is -1.47. The van der Waals surface area contributed by atoms with Gasteiger partial charge in [-0.05, 0) is 30.2 Å². The lowest BCUT2D eigenvalue weighted by molar-refractivity contribution is 0.337. The first-order chi connectivity index (χ1) is 8.31. The first-order valence-electron chi connectivity index (χ1n) is 5.75. The molecule has 2 rings (SSSR count). The Bertz CT molecular complexity index is 494. The summed E-state index contributed by atoms with van der Waals surface area (Å²) in [6.07, 6.45) is 0.801. The molecule has 0 aliphatic heterocycles. The third-order valence-corrected chi connectivity index (χ3v) is 2.98. The summed E-state index contributed by atoms with van der Waals surface area (Å²) in [5.41, 5.74) is 2.30. The van der Waals surface area contributed by atoms with Gasteiger partial charge in [-0.25, -0.2) is 0 Å². The molecule has 2 aromatic carbocycles. The van der Waals surface area contributed by atoms with Crippen molar-refractivity contribution in [3.8, 4) is 5.75 Å². The molecular formula is C15H15ClO. The number of ether oxygens (including phenoxy) is 1. The fourth-order valence-corrected chi connectivity index (χ4v) is 2.00. The van der Waals surface area contributed by atoms with E-state index >= 15 is 0 Å². The molecule has 0 atom stereocenters. The number of halogens is 1. The molecule has 0 heterocycles. The average molecular weight is 247 g/mol. The standard InChI is InChI=1S/C15H15ClO/c1-2-17-15-10-6-4-8-13(15)11-12-7-3-5-9-14(12)16/h3-10H,2,11H2,1H3. The van der Waals surface area contributed by atoms with E-state index in [1.165, 1.54) is 5.56 Å². The van der Waals surface area contributed by atoms with Crippen molar-refractivity contribution in [1.29, 1.82) is 0 Å². The maximum absolute atomic E-state index is 6.16. The zero-order valence-corrected chi connectivity index (χ0v) is 10.6. The zero-order valence-electron chi connectivity index (χ0n) is 9.82. The molecule has 0 aromatic heterocycles. The number of para-hydroxylation sites is 1. The first-order valence-corrected chi connectivity index (χ1v) is 6.13. The Labute approximate surface area is 107 Å². The second-order valence-electron chi connectivity index (χ2n) is 3.81. The second-order valence-corrected chi connectivity index (χ2v) is 4.22. The van der Waals surface area contributed by atoms with Crippen molar-refractivity contribution >= 4 is 11.6 Å². The molecule has 0 unspecified atom stereocenters. The molecular weight excluding hydrogens is 232 g/mol. The molecule has 0 saturated carbocycles. The lowest BCUT2D eigenvalue weighted by atomic mass is 10.0. The van der Waals surface area contributed by atoms with Gasteiger partial charge < -0.3 is 4.74 Å². The fraction of sp³-hybridized carbons (Fsp3) is 0.200. The maximum atomic E-state index is 6.16. The predicted molar refractivity (Wildman–Crippen MR) is 71.9 cm³/mol. The molecule has 0 N–H and O–H groups in total. The van der Waals surface area contributed by atoms with Gasteiger partial charge in [0.2, 0.25) is 0 Å². The minimum atomic E-state index is 0.680. The number of hydrogen-bond acceptors (Lipinski definition) is 1. The van der Waals surface area contributed by atoms with Crippen LogP contribution in [0.5, 0.6) is 5.75 Å². The third-order valence-electron chi connectivity index (χ3n) is 2.61. The highest BCUT2D eigenvalue weighted by molar-refractivity contribution is 6.31. The summed E-state index contributed by atoms with van der Waals surface area (Å²) >= 11 is 6.16. The summed E-state index contributed by atoms with van der Waals surface area (Å²) in [7, 11) is 0. The summed E-state index contributed by atoms with van der Waals surface area (Å²) < 4.78 is 5.61. The Morgan fingerprint density at radius 3 is 2.29 bits per heavy atom. The van der Waals surface area contributed by atoms with Gasteiger partial charge in [0, 0.05) is 11.4 Å². The Morgan fingerprint density at radius 1 is 0.941 bits per heavy atom. The van der Waals surface area contributed by atoms with E-state index in [2.05, 4.69) is 6.07 Å². The topological polar surface area (TPSA) is 9.23 Å². The molecule has 0 aliphatic carbocycles. The SMILES string of the molecule is CCOc1ccccc1Cc1ccccc1Cl. The van der Waals surface area contributed by atoms with Gasteiger partial charge in [0.15, 0.2) is 0 Å². The van der Waals surface area contributed by atoms with Crippen molar-refractivity contribution in [2.75, 3.05) is 6.61 Å². The monoisotopic (exact) mass is 246 g/mol. The highest BCUT2D eigenvalue weighted by Crippen LogP contribution is 2.24. The van der Waals surface area contributed by atoms with Crippen molar-refractivity contribution in [2.24, 2.45) is 0 Å². The van der Waals surface area contributed by atoms with Crippen LogP contribution < -0.4 is 4.74 Å². The van der Waals surface area contributed by atoms with Crippen molar-refractivity contribution in [3.63, 3.8) is 0 Å². The minimum absolute atomic E-state index is 0.680. The molecule has 0 fully saturated rings. The summed E-state index contributed by atoms with van der Waals surface area (Å²) in [6.45, 7) is 2.67. The largest absolute Gasteiger partial charge is 0.494 e. The van der Waals surface area contributed by atoms with Gasteiger partial charge in [0.1, 0.15) is 5.75 Å². The van der Waals surface area contributed by atoms with E-state index in [1.807, 2.05) is 49.4 Å². The van der Waals surface area contributed by atoms with Crippen LogP contribution in [0.15, 0.2) is 48.5 Å². The van der Waals surface area contributed by atoms with Crippen LogP contribution in [0.3, 0.4) is 0 Å². The Morgan fingerprint density at radius 2 is 1.59 bits per heavy atom. The number of hydrogen-bond donors (Lipinski definition) is 0. The van der Waals surface area contributed by atoms with Crippen LogP contribution in [0.4, 0.5) is 0 Å². The highest BCUT2D eigenvalue weighted by atomic mass is 35.5. The summed E-state index contributed by atoms with van der Waals surface area (Å²) in [6, 6.07) is 16.0. The Kier molecular flexibility index (Phi) is 4.05. The van der Waals surface area contributed by atoms with Crippen LogP contribution >= 0.6 is 11.6 Å². The minimum Gasteiger partial charge on any atom is -0.494 e. The zero-order chi connectivity index (χ0) is 12.1. The number of rotatable bonds is 4. The average Bonchev–Trinajstić information content (AvgIpc) is 2.35. The van der Waals surface area contributed by atoms with E-state index in [9.17, 15) is 0 Å². The number of benzene rings is 2. The van der Waals surface area contributed by atoms with E-state index in [1.54, 1.807) is 0 Å². The molecule has 0 radical (unpaired) electrons. The highest BCUT2D eigenvalue weighted by Gasteiger charge is 2.05. The van der Waals surface area contributed by atoms with E-state index in [4.69, 9.17) is 16.3 Å². The van der Waals surface area contributed by atoms with Gasteiger partial charge >= 0.3 is 0 Å². The van der Waals surface area contributed by atoms with Gasteiger partial charge in [-0.3, -0.25) is 0 Å². The predicted octanol–water partition coefficient (Wildman–Crippen LogP) is 4.33. The second kappa shape index (κ2) is 5.74.